The number of aromatic nitrogens is 1. The lowest BCUT2D eigenvalue weighted by atomic mass is 9.92. The van der Waals surface area contributed by atoms with Crippen LogP contribution in [0.4, 0.5) is 5.69 Å². The fourth-order valence-corrected chi connectivity index (χ4v) is 6.52. The quantitative estimate of drug-likeness (QED) is 0.417. The molecule has 1 fully saturated rings. The number of benzene rings is 2. The molecule has 0 radical (unpaired) electrons. The monoisotopic (exact) mass is 534 g/mol. The first-order valence-corrected chi connectivity index (χ1v) is 15.1. The molecule has 1 aliphatic heterocycles. The van der Waals surface area contributed by atoms with E-state index in [1.807, 2.05) is 48.7 Å². The van der Waals surface area contributed by atoms with E-state index < -0.39 is 10.0 Å². The van der Waals surface area contributed by atoms with Crippen molar-refractivity contribution in [3.05, 3.63) is 89.2 Å². The molecule has 5 rings (SSSR count). The highest BCUT2D eigenvalue weighted by Crippen LogP contribution is 2.28. The van der Waals surface area contributed by atoms with Crippen molar-refractivity contribution in [1.29, 1.82) is 0 Å². The molecule has 3 aromatic rings. The zero-order valence-electron chi connectivity index (χ0n) is 22.2. The lowest BCUT2D eigenvalue weighted by Crippen LogP contribution is -2.36. The molecule has 1 saturated heterocycles. The van der Waals surface area contributed by atoms with E-state index in [2.05, 4.69) is 21.3 Å². The highest BCUT2D eigenvalue weighted by Gasteiger charge is 2.23. The number of anilines is 1. The van der Waals surface area contributed by atoms with E-state index >= 15 is 0 Å². The Hall–Kier alpha value is -2.78. The molecule has 2 aromatic carbocycles. The number of nitrogens with one attached hydrogen (secondary N) is 1. The van der Waals surface area contributed by atoms with Gasteiger partial charge in [0.1, 0.15) is 0 Å². The van der Waals surface area contributed by atoms with E-state index in [4.69, 9.17) is 4.74 Å². The molecule has 1 atom stereocenters. The van der Waals surface area contributed by atoms with E-state index in [1.54, 1.807) is 19.2 Å². The topological polar surface area (TPSA) is 74.8 Å². The lowest BCUT2D eigenvalue weighted by Gasteiger charge is -2.26. The van der Waals surface area contributed by atoms with Crippen molar-refractivity contribution < 1.29 is 13.2 Å². The van der Waals surface area contributed by atoms with Crippen molar-refractivity contribution >= 4 is 15.7 Å². The van der Waals surface area contributed by atoms with Gasteiger partial charge >= 0.3 is 0 Å². The van der Waals surface area contributed by atoms with Gasteiger partial charge in [-0.3, -0.25) is 14.2 Å². The second kappa shape index (κ2) is 12.4. The second-order valence-corrected chi connectivity index (χ2v) is 12.2. The van der Waals surface area contributed by atoms with Crippen LogP contribution in [-0.4, -0.2) is 58.2 Å². The second-order valence-electron chi connectivity index (χ2n) is 10.2. The Kier molecular flexibility index (Phi) is 8.74. The number of hydrogen-bond acceptors (Lipinski definition) is 6. The molecule has 1 aromatic heterocycles. The lowest BCUT2D eigenvalue weighted by molar-refractivity contribution is 0.0375. The average molecular weight is 535 g/mol. The Morgan fingerprint density at radius 3 is 2.53 bits per heavy atom. The van der Waals surface area contributed by atoms with Crippen LogP contribution >= 0.6 is 0 Å². The number of aryl methyl sites for hydroxylation is 2. The summed E-state index contributed by atoms with van der Waals surface area (Å²) in [4.78, 5) is 7.32. The molecule has 202 valence electrons. The number of rotatable bonds is 10. The molecule has 1 unspecified atom stereocenters. The maximum atomic E-state index is 13.3. The summed E-state index contributed by atoms with van der Waals surface area (Å²) < 4.78 is 33.4. The van der Waals surface area contributed by atoms with Crippen molar-refractivity contribution in [3.8, 4) is 0 Å². The first-order valence-electron chi connectivity index (χ1n) is 13.6. The fraction of sp³-hybridized carbons (Fsp3) is 0.433. The summed E-state index contributed by atoms with van der Waals surface area (Å²) in [5.74, 6) is 0. The summed E-state index contributed by atoms with van der Waals surface area (Å²) in [6.45, 7) is 5.39. The Labute approximate surface area is 226 Å². The Morgan fingerprint density at radius 2 is 1.76 bits per heavy atom. The van der Waals surface area contributed by atoms with E-state index in [-0.39, 0.29) is 6.04 Å². The minimum Gasteiger partial charge on any atom is -0.379 e. The van der Waals surface area contributed by atoms with E-state index in [0.717, 1.165) is 76.2 Å². The van der Waals surface area contributed by atoms with Gasteiger partial charge in [0.25, 0.3) is 10.0 Å². The number of fused-ring (bicyclic) bond motifs is 1. The van der Waals surface area contributed by atoms with Crippen molar-refractivity contribution in [2.75, 3.05) is 44.2 Å². The largest absolute Gasteiger partial charge is 0.379 e. The van der Waals surface area contributed by atoms with Crippen LogP contribution in [0.15, 0.2) is 71.8 Å². The molecule has 38 heavy (non-hydrogen) atoms. The Balaban J connectivity index is 1.15. The number of hydrogen-bond donors (Lipinski definition) is 1. The molecular weight excluding hydrogens is 496 g/mol. The van der Waals surface area contributed by atoms with Gasteiger partial charge in [0, 0.05) is 32.9 Å². The Bertz CT molecular complexity index is 1290. The third-order valence-electron chi connectivity index (χ3n) is 7.67. The van der Waals surface area contributed by atoms with E-state index in [1.165, 1.54) is 15.4 Å². The number of pyridine rings is 1. The third kappa shape index (κ3) is 6.43. The summed E-state index contributed by atoms with van der Waals surface area (Å²) in [7, 11) is -2.03. The predicted molar refractivity (Wildman–Crippen MR) is 151 cm³/mol. The number of sulfonamides is 1. The van der Waals surface area contributed by atoms with Crippen molar-refractivity contribution in [2.24, 2.45) is 0 Å². The van der Waals surface area contributed by atoms with Crippen LogP contribution in [-0.2, 0) is 34.1 Å². The molecule has 7 nitrogen and oxygen atoms in total. The van der Waals surface area contributed by atoms with Gasteiger partial charge in [-0.05, 0) is 85.7 Å². The molecule has 0 bridgehead atoms. The maximum absolute atomic E-state index is 13.3. The summed E-state index contributed by atoms with van der Waals surface area (Å²) in [6.07, 6.45) is 7.21. The third-order valence-corrected chi connectivity index (χ3v) is 9.47. The molecule has 0 amide bonds. The fourth-order valence-electron chi connectivity index (χ4n) is 5.33. The van der Waals surface area contributed by atoms with E-state index in [9.17, 15) is 8.42 Å². The van der Waals surface area contributed by atoms with Gasteiger partial charge in [0.2, 0.25) is 0 Å². The molecule has 1 N–H and O–H groups in total. The minimum absolute atomic E-state index is 0.233. The summed E-state index contributed by atoms with van der Waals surface area (Å²) >= 11 is 0. The SMILES string of the molecule is CN(c1ccc(CCCN2CCOCC2)cc1)S(=O)(=O)c1ccc(CNC2CCCc3cccnc32)cc1. The minimum atomic E-state index is -3.64. The van der Waals surface area contributed by atoms with Crippen LogP contribution in [0.3, 0.4) is 0 Å². The van der Waals surface area contributed by atoms with E-state index in [0.29, 0.717) is 17.1 Å². The zero-order chi connectivity index (χ0) is 26.4. The van der Waals surface area contributed by atoms with Crippen molar-refractivity contribution in [3.63, 3.8) is 0 Å². The first kappa shape index (κ1) is 26.8. The molecule has 0 spiro atoms. The number of ether oxygens (including phenoxy) is 1. The molecule has 2 aliphatic rings. The van der Waals surface area contributed by atoms with Crippen LogP contribution < -0.4 is 9.62 Å². The molecule has 2 heterocycles. The highest BCUT2D eigenvalue weighted by molar-refractivity contribution is 7.92. The van der Waals surface area contributed by atoms with Crippen LogP contribution in [0.1, 0.15) is 47.7 Å². The highest BCUT2D eigenvalue weighted by atomic mass is 32.2. The number of morpholine rings is 1. The van der Waals surface area contributed by atoms with Gasteiger partial charge in [-0.15, -0.1) is 0 Å². The van der Waals surface area contributed by atoms with Gasteiger partial charge in [0.05, 0.1) is 35.5 Å². The Morgan fingerprint density at radius 1 is 1.03 bits per heavy atom. The summed E-state index contributed by atoms with van der Waals surface area (Å²) in [6, 6.07) is 19.5. The van der Waals surface area contributed by atoms with Gasteiger partial charge < -0.3 is 10.1 Å². The van der Waals surface area contributed by atoms with Crippen LogP contribution in [0.2, 0.25) is 0 Å². The first-order chi connectivity index (χ1) is 18.5. The predicted octanol–water partition coefficient (Wildman–Crippen LogP) is 4.34. The van der Waals surface area contributed by atoms with Crippen molar-refractivity contribution in [1.82, 2.24) is 15.2 Å². The maximum Gasteiger partial charge on any atom is 0.264 e. The average Bonchev–Trinajstić information content (AvgIpc) is 2.97. The molecule has 1 aliphatic carbocycles. The van der Waals surface area contributed by atoms with Crippen LogP contribution in [0.25, 0.3) is 0 Å². The summed E-state index contributed by atoms with van der Waals surface area (Å²) in [5.41, 5.74) is 5.40. The summed E-state index contributed by atoms with van der Waals surface area (Å²) in [5, 5.41) is 3.61. The van der Waals surface area contributed by atoms with Gasteiger partial charge in [-0.2, -0.15) is 0 Å². The van der Waals surface area contributed by atoms with Crippen molar-refractivity contribution in [2.45, 2.75) is 49.6 Å². The van der Waals surface area contributed by atoms with Crippen LogP contribution in [0, 0.1) is 0 Å². The molecular formula is C30H38N4O3S. The smallest absolute Gasteiger partial charge is 0.264 e. The normalized spacial score (nSPS) is 18.2. The zero-order valence-corrected chi connectivity index (χ0v) is 23.0. The van der Waals surface area contributed by atoms with Crippen LogP contribution in [0.5, 0.6) is 0 Å². The molecule has 8 heteroatoms. The van der Waals surface area contributed by atoms with Gasteiger partial charge in [0.15, 0.2) is 0 Å². The van der Waals surface area contributed by atoms with Gasteiger partial charge in [-0.25, -0.2) is 8.42 Å². The number of nitrogens with zero attached hydrogens (tertiary/aromatic N) is 3. The standard InChI is InChI=1S/C30H38N4O3S/c1-33(27-13-9-24(10-14-27)5-4-18-34-19-21-37-22-20-34)38(35,36)28-15-11-25(12-16-28)23-32-29-8-2-6-26-7-3-17-31-30(26)29/h3,7,9-17,29,32H,2,4-6,8,18-23H2,1H3. The molecule has 0 saturated carbocycles. The van der Waals surface area contributed by atoms with Gasteiger partial charge in [-0.1, -0.05) is 30.3 Å².